The molecule has 0 spiro atoms. The predicted molar refractivity (Wildman–Crippen MR) is 67.9 cm³/mol. The summed E-state index contributed by atoms with van der Waals surface area (Å²) in [6.07, 6.45) is 4.65. The maximum absolute atomic E-state index is 11.9. The van der Waals surface area contributed by atoms with Crippen molar-refractivity contribution in [3.05, 3.63) is 18.1 Å². The highest BCUT2D eigenvalue weighted by atomic mass is 16.5. The summed E-state index contributed by atoms with van der Waals surface area (Å²) in [7, 11) is 1.60. The van der Waals surface area contributed by atoms with Crippen molar-refractivity contribution in [2.45, 2.75) is 25.8 Å². The highest BCUT2D eigenvalue weighted by Gasteiger charge is 2.14. The molecule has 0 saturated carbocycles. The van der Waals surface area contributed by atoms with E-state index in [9.17, 15) is 4.79 Å². The van der Waals surface area contributed by atoms with Gasteiger partial charge in [-0.2, -0.15) is 0 Å². The van der Waals surface area contributed by atoms with Gasteiger partial charge in [0.25, 0.3) is 5.91 Å². The number of nitrogens with one attached hydrogen (secondary N) is 2. The number of aromatic nitrogens is 2. The Bertz CT molecular complexity index is 379. The van der Waals surface area contributed by atoms with Crippen LogP contribution >= 0.6 is 0 Å². The molecule has 0 saturated heterocycles. The van der Waals surface area contributed by atoms with Gasteiger partial charge in [-0.15, -0.1) is 0 Å². The fourth-order valence-electron chi connectivity index (χ4n) is 1.55. The third-order valence-electron chi connectivity index (χ3n) is 2.36. The van der Waals surface area contributed by atoms with Gasteiger partial charge in [-0.1, -0.05) is 13.3 Å². The number of ether oxygens (including phenoxy) is 1. The van der Waals surface area contributed by atoms with Gasteiger partial charge in [0.2, 0.25) is 0 Å². The predicted octanol–water partition coefficient (Wildman–Crippen LogP) is 0.307. The third-order valence-corrected chi connectivity index (χ3v) is 2.36. The van der Waals surface area contributed by atoms with Crippen molar-refractivity contribution in [3.63, 3.8) is 0 Å². The van der Waals surface area contributed by atoms with Crippen LogP contribution in [-0.2, 0) is 4.74 Å². The molecule has 0 aromatic carbocycles. The van der Waals surface area contributed by atoms with Gasteiger partial charge < -0.3 is 15.5 Å². The highest BCUT2D eigenvalue weighted by molar-refractivity contribution is 5.92. The van der Waals surface area contributed by atoms with Crippen molar-refractivity contribution in [1.29, 1.82) is 0 Å². The SMILES string of the molecule is CCCC(COC)NC(=O)c1cncc(NN)n1. The van der Waals surface area contributed by atoms with Crippen molar-refractivity contribution in [2.75, 3.05) is 19.1 Å². The second-order valence-electron chi connectivity index (χ2n) is 3.85. The van der Waals surface area contributed by atoms with Gasteiger partial charge in [0.1, 0.15) is 5.69 Å². The molecule has 0 fully saturated rings. The molecule has 7 heteroatoms. The zero-order chi connectivity index (χ0) is 13.4. The number of nitrogens with two attached hydrogens (primary N) is 1. The number of hydrogen-bond donors (Lipinski definition) is 3. The molecule has 0 aliphatic carbocycles. The molecule has 1 unspecified atom stereocenters. The number of anilines is 1. The fraction of sp³-hybridized carbons (Fsp3) is 0.545. The van der Waals surface area contributed by atoms with E-state index in [4.69, 9.17) is 10.6 Å². The molecule has 0 radical (unpaired) electrons. The van der Waals surface area contributed by atoms with Gasteiger partial charge in [-0.25, -0.2) is 10.8 Å². The molecule has 0 bridgehead atoms. The largest absolute Gasteiger partial charge is 0.383 e. The monoisotopic (exact) mass is 253 g/mol. The minimum absolute atomic E-state index is 0.0243. The standard InChI is InChI=1S/C11H19N5O2/c1-3-4-8(7-18-2)14-11(17)9-5-13-6-10(15-9)16-12/h5-6,8H,3-4,7,12H2,1-2H3,(H,14,17)(H,15,16). The van der Waals surface area contributed by atoms with Crippen LogP contribution in [0.5, 0.6) is 0 Å². The topological polar surface area (TPSA) is 102 Å². The van der Waals surface area contributed by atoms with E-state index in [1.807, 2.05) is 6.92 Å². The van der Waals surface area contributed by atoms with Crippen molar-refractivity contribution in [3.8, 4) is 0 Å². The molecular formula is C11H19N5O2. The lowest BCUT2D eigenvalue weighted by molar-refractivity contribution is 0.0886. The van der Waals surface area contributed by atoms with Crippen molar-refractivity contribution in [1.82, 2.24) is 15.3 Å². The summed E-state index contributed by atoms with van der Waals surface area (Å²) in [6, 6.07) is -0.0243. The lowest BCUT2D eigenvalue weighted by Crippen LogP contribution is -2.38. The Morgan fingerprint density at radius 2 is 2.33 bits per heavy atom. The molecule has 0 aliphatic heterocycles. The first-order chi connectivity index (χ1) is 8.71. The minimum atomic E-state index is -0.282. The first-order valence-corrected chi connectivity index (χ1v) is 5.79. The molecule has 1 aromatic rings. The number of carbonyl (C=O) groups excluding carboxylic acids is 1. The van der Waals surface area contributed by atoms with Crippen molar-refractivity contribution >= 4 is 11.7 Å². The average molecular weight is 253 g/mol. The summed E-state index contributed by atoms with van der Waals surface area (Å²) in [4.78, 5) is 19.8. The van der Waals surface area contributed by atoms with Crippen LogP contribution in [0.15, 0.2) is 12.4 Å². The molecule has 1 aromatic heterocycles. The van der Waals surface area contributed by atoms with Crippen LogP contribution in [0.25, 0.3) is 0 Å². The van der Waals surface area contributed by atoms with E-state index in [0.29, 0.717) is 12.4 Å². The van der Waals surface area contributed by atoms with Crippen molar-refractivity contribution in [2.24, 2.45) is 5.84 Å². The summed E-state index contributed by atoms with van der Waals surface area (Å²) < 4.78 is 5.06. The summed E-state index contributed by atoms with van der Waals surface area (Å²) in [6.45, 7) is 2.52. The van der Waals surface area contributed by atoms with Crippen LogP contribution in [0, 0.1) is 0 Å². The van der Waals surface area contributed by atoms with Gasteiger partial charge >= 0.3 is 0 Å². The van der Waals surface area contributed by atoms with Crippen LogP contribution in [0.4, 0.5) is 5.82 Å². The number of rotatable bonds is 7. The first kappa shape index (κ1) is 14.3. The first-order valence-electron chi connectivity index (χ1n) is 5.79. The zero-order valence-electron chi connectivity index (χ0n) is 10.6. The Balaban J connectivity index is 2.67. The lowest BCUT2D eigenvalue weighted by atomic mass is 10.2. The van der Waals surface area contributed by atoms with E-state index >= 15 is 0 Å². The number of amides is 1. The molecule has 18 heavy (non-hydrogen) atoms. The molecule has 1 amide bonds. The van der Waals surface area contributed by atoms with Crippen LogP contribution in [-0.4, -0.2) is 35.6 Å². The Labute approximate surface area is 106 Å². The summed E-state index contributed by atoms with van der Waals surface area (Å²) in [5, 5.41) is 2.85. The van der Waals surface area contributed by atoms with Crippen LogP contribution < -0.4 is 16.6 Å². The molecule has 1 heterocycles. The number of hydrazine groups is 1. The van der Waals surface area contributed by atoms with E-state index in [-0.39, 0.29) is 17.6 Å². The molecule has 1 rings (SSSR count). The van der Waals surface area contributed by atoms with E-state index in [2.05, 4.69) is 20.7 Å². The smallest absolute Gasteiger partial charge is 0.271 e. The minimum Gasteiger partial charge on any atom is -0.383 e. The normalized spacial score (nSPS) is 11.9. The molecule has 4 N–H and O–H groups in total. The summed E-state index contributed by atoms with van der Waals surface area (Å²) in [5.41, 5.74) is 2.57. The molecule has 0 aliphatic rings. The Morgan fingerprint density at radius 1 is 1.56 bits per heavy atom. The summed E-state index contributed by atoms with van der Waals surface area (Å²) in [5.74, 6) is 5.28. The van der Waals surface area contributed by atoms with Gasteiger partial charge in [0.15, 0.2) is 5.82 Å². The van der Waals surface area contributed by atoms with Crippen LogP contribution in [0.2, 0.25) is 0 Å². The molecule has 7 nitrogen and oxygen atoms in total. The molecule has 1 atom stereocenters. The third kappa shape index (κ3) is 4.27. The van der Waals surface area contributed by atoms with Crippen LogP contribution in [0.3, 0.4) is 0 Å². The van der Waals surface area contributed by atoms with E-state index in [1.165, 1.54) is 12.4 Å². The van der Waals surface area contributed by atoms with E-state index < -0.39 is 0 Å². The second kappa shape index (κ2) is 7.57. The average Bonchev–Trinajstić information content (AvgIpc) is 2.39. The quantitative estimate of drug-likeness (QED) is 0.477. The molecule has 100 valence electrons. The Kier molecular flexibility index (Phi) is 6.03. The van der Waals surface area contributed by atoms with Gasteiger partial charge in [0.05, 0.1) is 25.0 Å². The van der Waals surface area contributed by atoms with Gasteiger partial charge in [-0.3, -0.25) is 9.78 Å². The Morgan fingerprint density at radius 3 is 2.94 bits per heavy atom. The maximum Gasteiger partial charge on any atom is 0.271 e. The maximum atomic E-state index is 11.9. The number of nitrogen functional groups attached to an aromatic ring is 1. The van der Waals surface area contributed by atoms with E-state index in [1.54, 1.807) is 7.11 Å². The number of hydrogen-bond acceptors (Lipinski definition) is 6. The van der Waals surface area contributed by atoms with Gasteiger partial charge in [0, 0.05) is 7.11 Å². The highest BCUT2D eigenvalue weighted by Crippen LogP contribution is 2.03. The van der Waals surface area contributed by atoms with Gasteiger partial charge in [-0.05, 0) is 6.42 Å². The number of carbonyl (C=O) groups is 1. The van der Waals surface area contributed by atoms with Crippen LogP contribution in [0.1, 0.15) is 30.3 Å². The Hall–Kier alpha value is -1.73. The fourth-order valence-corrected chi connectivity index (χ4v) is 1.55. The molecular weight excluding hydrogens is 234 g/mol. The second-order valence-corrected chi connectivity index (χ2v) is 3.85. The van der Waals surface area contributed by atoms with Crippen molar-refractivity contribution < 1.29 is 9.53 Å². The van der Waals surface area contributed by atoms with E-state index in [0.717, 1.165) is 12.8 Å². The number of nitrogens with zero attached hydrogens (tertiary/aromatic N) is 2. The lowest BCUT2D eigenvalue weighted by Gasteiger charge is -2.16. The zero-order valence-corrected chi connectivity index (χ0v) is 10.6. The summed E-state index contributed by atoms with van der Waals surface area (Å²) >= 11 is 0. The number of methoxy groups -OCH3 is 1.